The Labute approximate surface area is 205 Å². The van der Waals surface area contributed by atoms with E-state index >= 15 is 0 Å². The number of hydrogen-bond donors (Lipinski definition) is 1. The van der Waals surface area contributed by atoms with Crippen LogP contribution in [0, 0.1) is 0 Å². The molecule has 34 heavy (non-hydrogen) atoms. The van der Waals surface area contributed by atoms with Crippen LogP contribution in [0.4, 0.5) is 0 Å². The zero-order valence-electron chi connectivity index (χ0n) is 21.6. The van der Waals surface area contributed by atoms with Gasteiger partial charge in [0.1, 0.15) is 0 Å². The molecule has 0 aliphatic carbocycles. The van der Waals surface area contributed by atoms with Crippen molar-refractivity contribution in [3.8, 4) is 0 Å². The van der Waals surface area contributed by atoms with Gasteiger partial charge < -0.3 is 14.7 Å². The lowest BCUT2D eigenvalue weighted by atomic mass is 10.0. The highest BCUT2D eigenvalue weighted by molar-refractivity contribution is 7.92. The van der Waals surface area contributed by atoms with Gasteiger partial charge in [-0.25, -0.2) is 8.42 Å². The van der Waals surface area contributed by atoms with Gasteiger partial charge in [-0.05, 0) is 41.4 Å². The van der Waals surface area contributed by atoms with Gasteiger partial charge in [-0.2, -0.15) is 0 Å². The van der Waals surface area contributed by atoms with E-state index in [0.29, 0.717) is 19.5 Å². The van der Waals surface area contributed by atoms with Crippen LogP contribution in [-0.2, 0) is 19.4 Å². The van der Waals surface area contributed by atoms with E-state index in [4.69, 9.17) is 4.74 Å². The number of likely N-dealkylation sites (N-methyl/N-ethyl adjacent to an activating group) is 3. The molecular weight excluding hydrogens is 458 g/mol. The lowest BCUT2D eigenvalue weighted by Crippen LogP contribution is -2.65. The van der Waals surface area contributed by atoms with Gasteiger partial charge in [0.05, 0.1) is 29.8 Å². The number of piperazine rings is 2. The molecule has 0 spiro atoms. The van der Waals surface area contributed by atoms with Crippen LogP contribution in [0.5, 0.6) is 0 Å². The smallest absolute Gasteiger partial charge is 0.320 e. The van der Waals surface area contributed by atoms with Crippen LogP contribution in [-0.4, -0.2) is 166 Å². The molecule has 3 aliphatic rings. The quantitative estimate of drug-likeness (QED) is 0.401. The van der Waals surface area contributed by atoms with Crippen molar-refractivity contribution in [3.63, 3.8) is 0 Å². The number of hydrogen-bond acceptors (Lipinski definition) is 10. The number of nitrogens with zero attached hydrogens (tertiary/aromatic N) is 5. The van der Waals surface area contributed by atoms with E-state index < -0.39 is 20.7 Å². The Bertz CT molecular complexity index is 781. The average Bonchev–Trinajstić information content (AvgIpc) is 2.72. The summed E-state index contributed by atoms with van der Waals surface area (Å²) in [5.41, 5.74) is -0.780. The van der Waals surface area contributed by atoms with Crippen molar-refractivity contribution in [1.29, 1.82) is 0 Å². The van der Waals surface area contributed by atoms with Gasteiger partial charge in [-0.3, -0.25) is 24.4 Å². The normalized spacial score (nSPS) is 30.9. The van der Waals surface area contributed by atoms with E-state index in [1.807, 2.05) is 7.05 Å². The third-order valence-electron chi connectivity index (χ3n) is 7.46. The predicted molar refractivity (Wildman–Crippen MR) is 133 cm³/mol. The SMILES string of the molecule is CN1CCN(CC(=O)OCCC2CN(C)C(C3CN(CC(C)(C)O)CCN3C)CS2(=O)=O)CC1. The predicted octanol–water partition coefficient (Wildman–Crippen LogP) is -1.35. The largest absolute Gasteiger partial charge is 0.465 e. The first kappa shape index (κ1) is 27.8. The van der Waals surface area contributed by atoms with Crippen molar-refractivity contribution in [2.45, 2.75) is 43.2 Å². The van der Waals surface area contributed by atoms with E-state index in [2.05, 4.69) is 38.6 Å². The van der Waals surface area contributed by atoms with Gasteiger partial charge >= 0.3 is 5.97 Å². The number of carbonyl (C=O) groups excluding carboxylic acids is 1. The van der Waals surface area contributed by atoms with E-state index in [1.165, 1.54) is 0 Å². The lowest BCUT2D eigenvalue weighted by molar-refractivity contribution is -0.145. The highest BCUT2D eigenvalue weighted by Crippen LogP contribution is 2.25. The zero-order valence-corrected chi connectivity index (χ0v) is 22.5. The summed E-state index contributed by atoms with van der Waals surface area (Å²) in [6.07, 6.45) is 0.333. The molecule has 0 aromatic heterocycles. The molecular formula is C23H45N5O5S. The Morgan fingerprint density at radius 2 is 1.59 bits per heavy atom. The fourth-order valence-electron chi connectivity index (χ4n) is 5.35. The first-order chi connectivity index (χ1) is 15.8. The number of rotatable bonds is 8. The standard InChI is InChI=1S/C23H45N5O5S/c1-23(2,30)18-28-12-9-25(4)20(15-28)21-17-34(31,32)19(14-26(21)5)6-13-33-22(29)16-27-10-7-24(3)8-11-27/h19-21,30H,6-18H2,1-5H3. The molecule has 198 valence electrons. The van der Waals surface area contributed by atoms with Gasteiger partial charge in [0.25, 0.3) is 0 Å². The van der Waals surface area contributed by atoms with Crippen molar-refractivity contribution >= 4 is 15.8 Å². The highest BCUT2D eigenvalue weighted by Gasteiger charge is 2.43. The van der Waals surface area contributed by atoms with Gasteiger partial charge in [-0.1, -0.05) is 0 Å². The van der Waals surface area contributed by atoms with Gasteiger partial charge in [0.15, 0.2) is 9.84 Å². The fraction of sp³-hybridized carbons (Fsp3) is 0.957. The van der Waals surface area contributed by atoms with Crippen molar-refractivity contribution in [1.82, 2.24) is 24.5 Å². The molecule has 10 nitrogen and oxygen atoms in total. The molecule has 3 unspecified atom stereocenters. The summed E-state index contributed by atoms with van der Waals surface area (Å²) in [5, 5.41) is 9.70. The molecule has 3 atom stereocenters. The molecule has 3 saturated heterocycles. The maximum atomic E-state index is 13.2. The molecule has 3 fully saturated rings. The van der Waals surface area contributed by atoms with Gasteiger partial charge in [-0.15, -0.1) is 0 Å². The fourth-order valence-corrected chi connectivity index (χ4v) is 7.49. The molecule has 0 aromatic rings. The number of esters is 1. The molecule has 0 aromatic carbocycles. The van der Waals surface area contributed by atoms with Crippen molar-refractivity contribution in [2.24, 2.45) is 0 Å². The van der Waals surface area contributed by atoms with Crippen LogP contribution in [0.2, 0.25) is 0 Å². The number of aliphatic hydroxyl groups is 1. The number of sulfone groups is 1. The monoisotopic (exact) mass is 503 g/mol. The maximum Gasteiger partial charge on any atom is 0.320 e. The summed E-state index contributed by atoms with van der Waals surface area (Å²) in [4.78, 5) is 23.2. The van der Waals surface area contributed by atoms with Crippen LogP contribution in [0.1, 0.15) is 20.3 Å². The minimum atomic E-state index is -3.31. The topological polar surface area (TPSA) is 96.9 Å². The molecule has 11 heteroatoms. The first-order valence-corrected chi connectivity index (χ1v) is 14.2. The highest BCUT2D eigenvalue weighted by atomic mass is 32.2. The number of carbonyl (C=O) groups is 1. The second-order valence-corrected chi connectivity index (χ2v) is 13.5. The summed E-state index contributed by atoms with van der Waals surface area (Å²) in [5.74, 6) is -0.172. The summed E-state index contributed by atoms with van der Waals surface area (Å²) >= 11 is 0. The Hall–Kier alpha value is -0.820. The minimum absolute atomic E-state index is 0.0817. The minimum Gasteiger partial charge on any atom is -0.465 e. The second kappa shape index (κ2) is 11.5. The van der Waals surface area contributed by atoms with Crippen LogP contribution in [0.25, 0.3) is 0 Å². The summed E-state index contributed by atoms with van der Waals surface area (Å²) in [7, 11) is 2.81. The zero-order chi connectivity index (χ0) is 25.1. The molecule has 0 radical (unpaired) electrons. The Morgan fingerprint density at radius 1 is 0.941 bits per heavy atom. The molecule has 0 bridgehead atoms. The van der Waals surface area contributed by atoms with Crippen molar-refractivity contribution < 1.29 is 23.1 Å². The van der Waals surface area contributed by atoms with Crippen molar-refractivity contribution in [2.75, 3.05) is 99.0 Å². The average molecular weight is 504 g/mol. The Balaban J connectivity index is 1.49. The van der Waals surface area contributed by atoms with Crippen LogP contribution >= 0.6 is 0 Å². The summed E-state index contributed by atoms with van der Waals surface area (Å²) in [6.45, 7) is 11.0. The third-order valence-corrected chi connectivity index (χ3v) is 9.66. The second-order valence-electron chi connectivity index (χ2n) is 11.1. The Morgan fingerprint density at radius 3 is 2.24 bits per heavy atom. The number of ether oxygens (including phenoxy) is 1. The van der Waals surface area contributed by atoms with E-state index in [-0.39, 0.29) is 37.0 Å². The lowest BCUT2D eigenvalue weighted by Gasteiger charge is -2.49. The first-order valence-electron chi connectivity index (χ1n) is 12.5. The molecule has 3 aliphatic heterocycles. The van der Waals surface area contributed by atoms with E-state index in [9.17, 15) is 18.3 Å². The van der Waals surface area contributed by atoms with Crippen molar-refractivity contribution in [3.05, 3.63) is 0 Å². The summed E-state index contributed by atoms with van der Waals surface area (Å²) in [6, 6.07) is -0.0196. The number of β-amino-alcohol motifs (C(OH)–C–C–N with tert-alkyl or cyclic N) is 1. The molecule has 3 heterocycles. The summed E-state index contributed by atoms with van der Waals surface area (Å²) < 4.78 is 31.7. The van der Waals surface area contributed by atoms with E-state index in [1.54, 1.807) is 13.8 Å². The van der Waals surface area contributed by atoms with Gasteiger partial charge in [0, 0.05) is 71.0 Å². The van der Waals surface area contributed by atoms with E-state index in [0.717, 1.165) is 45.8 Å². The third kappa shape index (κ3) is 7.84. The molecule has 1 N–H and O–H groups in total. The molecule has 0 saturated carbocycles. The Kier molecular flexibility index (Phi) is 9.38. The van der Waals surface area contributed by atoms with Crippen LogP contribution in [0.15, 0.2) is 0 Å². The molecule has 3 rings (SSSR count). The maximum absolute atomic E-state index is 13.2. The van der Waals surface area contributed by atoms with Crippen LogP contribution in [0.3, 0.4) is 0 Å². The van der Waals surface area contributed by atoms with Gasteiger partial charge in [0.2, 0.25) is 0 Å². The van der Waals surface area contributed by atoms with Crippen LogP contribution < -0.4 is 0 Å². The molecule has 0 amide bonds.